The van der Waals surface area contributed by atoms with E-state index in [0.717, 1.165) is 0 Å². The van der Waals surface area contributed by atoms with Crippen LogP contribution in [0.25, 0.3) is 0 Å². The van der Waals surface area contributed by atoms with Crippen LogP contribution in [0.1, 0.15) is 15.4 Å². The molecule has 2 aromatic rings. The van der Waals surface area contributed by atoms with Gasteiger partial charge in [-0.25, -0.2) is 0 Å². The number of carbonyl (C=O) groups excluding carboxylic acids is 1. The Balaban J connectivity index is 2.33. The van der Waals surface area contributed by atoms with Crippen LogP contribution in [0.2, 0.25) is 4.34 Å². The van der Waals surface area contributed by atoms with Gasteiger partial charge in [-0.1, -0.05) is 11.6 Å². The molecule has 0 unspecified atom stereocenters. The minimum absolute atomic E-state index is 0.161. The summed E-state index contributed by atoms with van der Waals surface area (Å²) in [6, 6.07) is 3.35. The number of halogens is 1. The molecule has 0 aliphatic heterocycles. The van der Waals surface area contributed by atoms with Crippen LogP contribution in [0, 0.1) is 0 Å². The van der Waals surface area contributed by atoms with Crippen LogP contribution in [0.15, 0.2) is 18.3 Å². The number of hydrogen-bond donors (Lipinski definition) is 1. The number of ketones is 1. The molecule has 0 bridgehead atoms. The van der Waals surface area contributed by atoms with Crippen molar-refractivity contribution in [3.63, 3.8) is 0 Å². The standard InChI is InChI=1S/C7H4ClN3OS/c8-6-2-1-5(13-6)7(12)4-3-9-11-10-4/h1-3H,(H,9,10,11). The van der Waals surface area contributed by atoms with Crippen LogP contribution < -0.4 is 0 Å². The Bertz CT molecular complexity index is 423. The highest BCUT2D eigenvalue weighted by atomic mass is 35.5. The number of hydrogen-bond acceptors (Lipinski definition) is 4. The molecule has 13 heavy (non-hydrogen) atoms. The highest BCUT2D eigenvalue weighted by molar-refractivity contribution is 7.18. The summed E-state index contributed by atoms with van der Waals surface area (Å²) < 4.78 is 0.590. The molecule has 2 heterocycles. The van der Waals surface area contributed by atoms with E-state index in [1.165, 1.54) is 17.5 Å². The molecule has 0 saturated carbocycles. The first-order valence-corrected chi connectivity index (χ1v) is 4.62. The molecule has 0 aliphatic rings. The Morgan fingerprint density at radius 3 is 2.92 bits per heavy atom. The third-order valence-corrected chi connectivity index (χ3v) is 2.67. The lowest BCUT2D eigenvalue weighted by atomic mass is 10.2. The average molecular weight is 214 g/mol. The largest absolute Gasteiger partial charge is 0.286 e. The van der Waals surface area contributed by atoms with Crippen molar-refractivity contribution in [3.8, 4) is 0 Å². The normalized spacial score (nSPS) is 10.2. The van der Waals surface area contributed by atoms with Gasteiger partial charge in [0.1, 0.15) is 0 Å². The number of rotatable bonds is 2. The van der Waals surface area contributed by atoms with Gasteiger partial charge in [0.2, 0.25) is 5.78 Å². The number of aromatic nitrogens is 3. The summed E-state index contributed by atoms with van der Waals surface area (Å²) in [7, 11) is 0. The van der Waals surface area contributed by atoms with Crippen molar-refractivity contribution in [1.82, 2.24) is 15.4 Å². The Morgan fingerprint density at radius 1 is 1.54 bits per heavy atom. The van der Waals surface area contributed by atoms with Crippen LogP contribution in [0.4, 0.5) is 0 Å². The zero-order chi connectivity index (χ0) is 9.26. The van der Waals surface area contributed by atoms with Crippen molar-refractivity contribution < 1.29 is 4.79 Å². The third-order valence-electron chi connectivity index (χ3n) is 1.44. The summed E-state index contributed by atoms with van der Waals surface area (Å²) in [6.45, 7) is 0. The van der Waals surface area contributed by atoms with Gasteiger partial charge >= 0.3 is 0 Å². The molecule has 0 radical (unpaired) electrons. The minimum Gasteiger partial charge on any atom is -0.286 e. The second-order valence-corrected chi connectivity index (χ2v) is 4.00. The molecule has 0 fully saturated rings. The Labute approximate surface area is 82.5 Å². The fraction of sp³-hybridized carbons (Fsp3) is 0. The molecule has 0 atom stereocenters. The fourth-order valence-electron chi connectivity index (χ4n) is 0.874. The number of aromatic amines is 1. The Morgan fingerprint density at radius 2 is 2.38 bits per heavy atom. The first kappa shape index (κ1) is 8.40. The molecule has 1 N–H and O–H groups in total. The van der Waals surface area contributed by atoms with Crippen molar-refractivity contribution in [3.05, 3.63) is 33.2 Å². The number of carbonyl (C=O) groups is 1. The number of nitrogens with zero attached hydrogens (tertiary/aromatic N) is 2. The van der Waals surface area contributed by atoms with E-state index in [1.54, 1.807) is 12.1 Å². The summed E-state index contributed by atoms with van der Waals surface area (Å²) >= 11 is 6.92. The van der Waals surface area contributed by atoms with Gasteiger partial charge in [0.05, 0.1) is 15.4 Å². The first-order chi connectivity index (χ1) is 6.27. The maximum absolute atomic E-state index is 11.6. The van der Waals surface area contributed by atoms with Gasteiger partial charge < -0.3 is 0 Å². The predicted octanol–water partition coefficient (Wildman–Crippen LogP) is 1.75. The van der Waals surface area contributed by atoms with Gasteiger partial charge in [0, 0.05) is 0 Å². The Hall–Kier alpha value is -1.20. The average Bonchev–Trinajstić information content (AvgIpc) is 2.72. The molecule has 0 spiro atoms. The second-order valence-electron chi connectivity index (χ2n) is 2.29. The summed E-state index contributed by atoms with van der Waals surface area (Å²) in [5.74, 6) is -0.161. The molecule has 0 saturated heterocycles. The zero-order valence-corrected chi connectivity index (χ0v) is 7.89. The summed E-state index contributed by atoms with van der Waals surface area (Å²) in [5, 5.41) is 9.61. The molecule has 2 aromatic heterocycles. The van der Waals surface area contributed by atoms with E-state index in [-0.39, 0.29) is 5.78 Å². The van der Waals surface area contributed by atoms with Crippen molar-refractivity contribution >= 4 is 28.7 Å². The van der Waals surface area contributed by atoms with E-state index in [9.17, 15) is 4.79 Å². The van der Waals surface area contributed by atoms with Crippen LogP contribution >= 0.6 is 22.9 Å². The van der Waals surface area contributed by atoms with Crippen LogP contribution in [-0.2, 0) is 0 Å². The van der Waals surface area contributed by atoms with E-state index in [4.69, 9.17) is 11.6 Å². The lowest BCUT2D eigenvalue weighted by molar-refractivity contribution is 0.103. The van der Waals surface area contributed by atoms with Crippen molar-refractivity contribution in [2.45, 2.75) is 0 Å². The van der Waals surface area contributed by atoms with E-state index < -0.39 is 0 Å². The smallest absolute Gasteiger partial charge is 0.224 e. The molecular weight excluding hydrogens is 210 g/mol. The van der Waals surface area contributed by atoms with Gasteiger partial charge in [0.25, 0.3) is 0 Å². The quantitative estimate of drug-likeness (QED) is 0.774. The van der Waals surface area contributed by atoms with Gasteiger partial charge in [-0.2, -0.15) is 15.4 Å². The topological polar surface area (TPSA) is 58.6 Å². The predicted molar refractivity (Wildman–Crippen MR) is 49.1 cm³/mol. The lowest BCUT2D eigenvalue weighted by Gasteiger charge is -1.88. The summed E-state index contributed by atoms with van der Waals surface area (Å²) in [5.41, 5.74) is 0.304. The van der Waals surface area contributed by atoms with Gasteiger partial charge in [-0.05, 0) is 12.1 Å². The van der Waals surface area contributed by atoms with E-state index in [2.05, 4.69) is 15.4 Å². The molecular formula is C7H4ClN3OS. The monoisotopic (exact) mass is 213 g/mol. The molecule has 0 aliphatic carbocycles. The highest BCUT2D eigenvalue weighted by Gasteiger charge is 2.13. The zero-order valence-electron chi connectivity index (χ0n) is 6.32. The maximum atomic E-state index is 11.6. The maximum Gasteiger partial charge on any atom is 0.224 e. The van der Waals surface area contributed by atoms with E-state index >= 15 is 0 Å². The van der Waals surface area contributed by atoms with Gasteiger partial charge in [0.15, 0.2) is 5.69 Å². The molecule has 6 heteroatoms. The Kier molecular flexibility index (Phi) is 2.12. The minimum atomic E-state index is -0.161. The fourth-order valence-corrected chi connectivity index (χ4v) is 1.87. The summed E-state index contributed by atoms with van der Waals surface area (Å²) in [4.78, 5) is 12.1. The second kappa shape index (κ2) is 3.27. The molecule has 2 rings (SSSR count). The van der Waals surface area contributed by atoms with Crippen LogP contribution in [-0.4, -0.2) is 21.2 Å². The van der Waals surface area contributed by atoms with E-state index in [0.29, 0.717) is 14.9 Å². The van der Waals surface area contributed by atoms with Crippen molar-refractivity contribution in [2.75, 3.05) is 0 Å². The lowest BCUT2D eigenvalue weighted by Crippen LogP contribution is -1.98. The van der Waals surface area contributed by atoms with Crippen LogP contribution in [0.5, 0.6) is 0 Å². The number of H-pyrrole nitrogens is 1. The van der Waals surface area contributed by atoms with Crippen LogP contribution in [0.3, 0.4) is 0 Å². The number of thiophene rings is 1. The first-order valence-electron chi connectivity index (χ1n) is 3.43. The number of nitrogens with one attached hydrogen (secondary N) is 1. The molecule has 4 nitrogen and oxygen atoms in total. The summed E-state index contributed by atoms with van der Waals surface area (Å²) in [6.07, 6.45) is 1.38. The molecule has 0 aromatic carbocycles. The van der Waals surface area contributed by atoms with Gasteiger partial charge in [-0.15, -0.1) is 11.3 Å². The van der Waals surface area contributed by atoms with E-state index in [1.807, 2.05) is 0 Å². The van der Waals surface area contributed by atoms with Gasteiger partial charge in [-0.3, -0.25) is 4.79 Å². The highest BCUT2D eigenvalue weighted by Crippen LogP contribution is 2.22. The SMILES string of the molecule is O=C(c1cn[nH]n1)c1ccc(Cl)s1. The molecule has 0 amide bonds. The molecule has 66 valence electrons. The van der Waals surface area contributed by atoms with Crippen molar-refractivity contribution in [1.29, 1.82) is 0 Å². The van der Waals surface area contributed by atoms with Crippen molar-refractivity contribution in [2.24, 2.45) is 0 Å². The third kappa shape index (κ3) is 1.61.